The molecule has 0 amide bonds. The quantitative estimate of drug-likeness (QED) is 0.427. The molecule has 0 fully saturated rings. The molecule has 0 spiro atoms. The Balaban J connectivity index is 2.37. The van der Waals surface area contributed by atoms with Crippen molar-refractivity contribution < 1.29 is 26.3 Å². The van der Waals surface area contributed by atoms with Crippen LogP contribution in [0.3, 0.4) is 0 Å². The first-order valence-electron chi connectivity index (χ1n) is 6.52. The summed E-state index contributed by atoms with van der Waals surface area (Å²) in [7, 11) is 0. The van der Waals surface area contributed by atoms with Gasteiger partial charge in [0, 0.05) is 5.33 Å². The molecule has 0 atom stereocenters. The van der Waals surface area contributed by atoms with Crippen molar-refractivity contribution in [1.82, 2.24) is 0 Å². The Morgan fingerprint density at radius 1 is 0.696 bits per heavy atom. The molecule has 0 aliphatic rings. The average Bonchev–Trinajstić information content (AvgIpc) is 2.45. The number of alkyl halides is 7. The summed E-state index contributed by atoms with van der Waals surface area (Å²) in [6, 6.07) is 8.12. The first kappa shape index (κ1) is 17.8. The predicted molar refractivity (Wildman–Crippen MR) is 78.3 cm³/mol. The van der Waals surface area contributed by atoms with E-state index in [4.69, 9.17) is 0 Å². The van der Waals surface area contributed by atoms with Gasteiger partial charge in [-0.2, -0.15) is 26.3 Å². The van der Waals surface area contributed by atoms with Crippen LogP contribution in [0.4, 0.5) is 26.3 Å². The minimum Gasteiger partial charge on any atom is -0.166 e. The van der Waals surface area contributed by atoms with Gasteiger partial charge in [0.2, 0.25) is 0 Å². The highest BCUT2D eigenvalue weighted by atomic mass is 79.9. The molecule has 0 aliphatic heterocycles. The van der Waals surface area contributed by atoms with E-state index in [0.29, 0.717) is 16.7 Å². The second-order valence-corrected chi connectivity index (χ2v) is 5.61. The maximum atomic E-state index is 12.9. The molecule has 0 aliphatic carbocycles. The Morgan fingerprint density at radius 2 is 1.26 bits per heavy atom. The minimum atomic E-state index is -4.50. The predicted octanol–water partition coefficient (Wildman–Crippen LogP) is 6.21. The molecule has 0 unspecified atom stereocenters. The van der Waals surface area contributed by atoms with E-state index in [1.54, 1.807) is 6.07 Å². The van der Waals surface area contributed by atoms with E-state index in [1.165, 1.54) is 12.1 Å². The van der Waals surface area contributed by atoms with Gasteiger partial charge in [-0.25, -0.2) is 0 Å². The van der Waals surface area contributed by atoms with Crippen molar-refractivity contribution in [2.45, 2.75) is 24.1 Å². The van der Waals surface area contributed by atoms with Crippen molar-refractivity contribution in [3.05, 3.63) is 70.3 Å². The van der Waals surface area contributed by atoms with Crippen molar-refractivity contribution in [1.29, 1.82) is 0 Å². The monoisotopic (exact) mass is 396 g/mol. The van der Waals surface area contributed by atoms with Crippen LogP contribution >= 0.6 is 15.9 Å². The molecule has 124 valence electrons. The summed E-state index contributed by atoms with van der Waals surface area (Å²) in [6.45, 7) is 0. The zero-order chi connectivity index (χ0) is 17.3. The maximum Gasteiger partial charge on any atom is 0.416 e. The Bertz CT molecular complexity index is 688. The molecule has 0 aromatic heterocycles. The lowest BCUT2D eigenvalue weighted by molar-refractivity contribution is -0.138. The molecule has 7 heteroatoms. The summed E-state index contributed by atoms with van der Waals surface area (Å²) in [4.78, 5) is 0. The van der Waals surface area contributed by atoms with Gasteiger partial charge in [-0.1, -0.05) is 40.2 Å². The lowest BCUT2D eigenvalue weighted by Crippen LogP contribution is -2.07. The number of hydrogen-bond acceptors (Lipinski definition) is 0. The largest absolute Gasteiger partial charge is 0.416 e. The van der Waals surface area contributed by atoms with Crippen molar-refractivity contribution in [3.63, 3.8) is 0 Å². The summed E-state index contributed by atoms with van der Waals surface area (Å²) in [5.74, 6) is 0. The van der Waals surface area contributed by atoms with E-state index in [-0.39, 0.29) is 11.8 Å². The lowest BCUT2D eigenvalue weighted by atomic mass is 9.99. The van der Waals surface area contributed by atoms with Crippen LogP contribution in [0, 0.1) is 0 Å². The van der Waals surface area contributed by atoms with E-state index >= 15 is 0 Å². The number of hydrogen-bond donors (Lipinski definition) is 0. The number of benzene rings is 2. The molecule has 2 rings (SSSR count). The third-order valence-corrected chi connectivity index (χ3v) is 3.84. The van der Waals surface area contributed by atoms with E-state index in [1.807, 2.05) is 0 Å². The Hall–Kier alpha value is -1.50. The smallest absolute Gasteiger partial charge is 0.166 e. The van der Waals surface area contributed by atoms with Gasteiger partial charge in [0.05, 0.1) is 11.1 Å². The summed E-state index contributed by atoms with van der Waals surface area (Å²) in [5.41, 5.74) is -0.589. The molecule has 0 N–H and O–H groups in total. The number of rotatable bonds is 3. The SMILES string of the molecule is FC(F)(F)c1cccc(Cc2cc(CBr)cc(C(F)(F)F)c2)c1. The highest BCUT2D eigenvalue weighted by molar-refractivity contribution is 9.08. The Kier molecular flexibility index (Phi) is 5.08. The fourth-order valence-electron chi connectivity index (χ4n) is 2.20. The summed E-state index contributed by atoms with van der Waals surface area (Å²) in [6.07, 6.45) is -8.99. The van der Waals surface area contributed by atoms with Crippen LogP contribution in [0.25, 0.3) is 0 Å². The molecule has 2 aromatic carbocycles. The Labute approximate surface area is 137 Å². The van der Waals surface area contributed by atoms with Gasteiger partial charge >= 0.3 is 12.4 Å². The molecule has 2 aromatic rings. The van der Waals surface area contributed by atoms with E-state index in [2.05, 4.69) is 15.9 Å². The van der Waals surface area contributed by atoms with Crippen molar-refractivity contribution in [3.8, 4) is 0 Å². The molecule has 0 saturated carbocycles. The molecule has 0 radical (unpaired) electrons. The molecule has 0 nitrogen and oxygen atoms in total. The van der Waals surface area contributed by atoms with Gasteiger partial charge < -0.3 is 0 Å². The van der Waals surface area contributed by atoms with Crippen molar-refractivity contribution in [2.24, 2.45) is 0 Å². The first-order chi connectivity index (χ1) is 10.6. The molecule has 23 heavy (non-hydrogen) atoms. The van der Waals surface area contributed by atoms with Crippen molar-refractivity contribution in [2.75, 3.05) is 0 Å². The van der Waals surface area contributed by atoms with Crippen LogP contribution in [0.15, 0.2) is 42.5 Å². The molecular weight excluding hydrogens is 386 g/mol. The van der Waals surface area contributed by atoms with Gasteiger partial charge in [0.1, 0.15) is 0 Å². The topological polar surface area (TPSA) is 0 Å². The third-order valence-electron chi connectivity index (χ3n) is 3.20. The van der Waals surface area contributed by atoms with Crippen LogP contribution in [0.5, 0.6) is 0 Å². The second-order valence-electron chi connectivity index (χ2n) is 5.04. The Morgan fingerprint density at radius 3 is 1.83 bits per heavy atom. The van der Waals surface area contributed by atoms with E-state index < -0.39 is 23.5 Å². The zero-order valence-corrected chi connectivity index (χ0v) is 13.2. The van der Waals surface area contributed by atoms with E-state index in [9.17, 15) is 26.3 Å². The zero-order valence-electron chi connectivity index (χ0n) is 11.6. The van der Waals surface area contributed by atoms with Crippen LogP contribution in [0.1, 0.15) is 27.8 Å². The summed E-state index contributed by atoms with van der Waals surface area (Å²) < 4.78 is 76.7. The fourth-order valence-corrected chi connectivity index (χ4v) is 2.52. The number of halogens is 7. The maximum absolute atomic E-state index is 12.9. The van der Waals surface area contributed by atoms with E-state index in [0.717, 1.165) is 24.3 Å². The van der Waals surface area contributed by atoms with Gasteiger partial charge in [-0.3, -0.25) is 0 Å². The highest BCUT2D eigenvalue weighted by Gasteiger charge is 2.32. The minimum absolute atomic E-state index is 0.00611. The van der Waals surface area contributed by atoms with Gasteiger partial charge in [-0.15, -0.1) is 0 Å². The highest BCUT2D eigenvalue weighted by Crippen LogP contribution is 2.33. The fraction of sp³-hybridized carbons (Fsp3) is 0.250. The first-order valence-corrected chi connectivity index (χ1v) is 7.64. The lowest BCUT2D eigenvalue weighted by Gasteiger charge is -2.12. The van der Waals surface area contributed by atoms with Gasteiger partial charge in [0.15, 0.2) is 0 Å². The van der Waals surface area contributed by atoms with Crippen LogP contribution in [-0.4, -0.2) is 0 Å². The van der Waals surface area contributed by atoms with Crippen LogP contribution in [-0.2, 0) is 24.1 Å². The molecule has 0 saturated heterocycles. The molecule has 0 heterocycles. The third kappa shape index (κ3) is 4.73. The average molecular weight is 397 g/mol. The van der Waals surface area contributed by atoms with Crippen LogP contribution in [0.2, 0.25) is 0 Å². The van der Waals surface area contributed by atoms with Gasteiger partial charge in [0.25, 0.3) is 0 Å². The standard InChI is InChI=1S/C16H11BrF6/c17-9-12-5-11(7-14(8-12)16(21,22)23)4-10-2-1-3-13(6-10)15(18,19)20/h1-3,5-8H,4,9H2. The summed E-state index contributed by atoms with van der Waals surface area (Å²) in [5, 5.41) is 0.229. The van der Waals surface area contributed by atoms with Crippen LogP contribution < -0.4 is 0 Å². The summed E-state index contributed by atoms with van der Waals surface area (Å²) >= 11 is 3.10. The normalized spacial score (nSPS) is 12.5. The van der Waals surface area contributed by atoms with Gasteiger partial charge in [-0.05, 0) is 41.3 Å². The van der Waals surface area contributed by atoms with Crippen molar-refractivity contribution >= 4 is 15.9 Å². The molecule has 0 bridgehead atoms. The second kappa shape index (κ2) is 6.55. The molecular formula is C16H11BrF6.